The van der Waals surface area contributed by atoms with Gasteiger partial charge >= 0.3 is 0 Å². The molecule has 0 spiro atoms. The Kier molecular flexibility index (Phi) is 5.70. The SMILES string of the molecule is CC1(CN)CCN(C(=O)C(C)(C)c2ccc(Cl)cc2)C1.Cl. The van der Waals surface area contributed by atoms with Crippen LogP contribution in [0.25, 0.3) is 0 Å². The van der Waals surface area contributed by atoms with E-state index in [9.17, 15) is 4.79 Å². The lowest BCUT2D eigenvalue weighted by Gasteiger charge is -2.31. The van der Waals surface area contributed by atoms with E-state index in [0.717, 1.165) is 25.1 Å². The molecule has 0 aliphatic carbocycles. The Labute approximate surface area is 138 Å². The van der Waals surface area contributed by atoms with Crippen molar-refractivity contribution in [1.82, 2.24) is 4.90 Å². The molecule has 21 heavy (non-hydrogen) atoms. The van der Waals surface area contributed by atoms with E-state index >= 15 is 0 Å². The molecule has 1 amide bonds. The summed E-state index contributed by atoms with van der Waals surface area (Å²) in [5.41, 5.74) is 6.33. The summed E-state index contributed by atoms with van der Waals surface area (Å²) in [6.07, 6.45) is 0.978. The number of benzene rings is 1. The second-order valence-corrected chi connectivity index (χ2v) is 7.06. The van der Waals surface area contributed by atoms with E-state index in [1.807, 2.05) is 43.0 Å². The molecule has 5 heteroatoms. The smallest absolute Gasteiger partial charge is 0.232 e. The Morgan fingerprint density at radius 2 is 1.95 bits per heavy atom. The minimum atomic E-state index is -0.537. The number of likely N-dealkylation sites (tertiary alicyclic amines) is 1. The molecule has 0 bridgehead atoms. The zero-order valence-corrected chi connectivity index (χ0v) is 14.4. The van der Waals surface area contributed by atoms with E-state index in [2.05, 4.69) is 6.92 Å². The van der Waals surface area contributed by atoms with E-state index < -0.39 is 5.41 Å². The highest BCUT2D eigenvalue weighted by Gasteiger charge is 2.40. The summed E-state index contributed by atoms with van der Waals surface area (Å²) in [6.45, 7) is 8.25. The van der Waals surface area contributed by atoms with Gasteiger partial charge in [-0.3, -0.25) is 4.79 Å². The third kappa shape index (κ3) is 3.71. The molecule has 1 saturated heterocycles. The van der Waals surface area contributed by atoms with Crippen molar-refractivity contribution in [3.05, 3.63) is 34.9 Å². The first-order valence-corrected chi connectivity index (χ1v) is 7.42. The van der Waals surface area contributed by atoms with Gasteiger partial charge in [-0.15, -0.1) is 12.4 Å². The molecule has 3 nitrogen and oxygen atoms in total. The fraction of sp³-hybridized carbons (Fsp3) is 0.562. The number of carbonyl (C=O) groups excluding carboxylic acids is 1. The number of hydrogen-bond acceptors (Lipinski definition) is 2. The number of nitrogens with zero attached hydrogens (tertiary/aromatic N) is 1. The number of carbonyl (C=O) groups is 1. The molecule has 0 aromatic heterocycles. The van der Waals surface area contributed by atoms with Crippen LogP contribution in [0.15, 0.2) is 24.3 Å². The van der Waals surface area contributed by atoms with Crippen molar-refractivity contribution in [1.29, 1.82) is 0 Å². The highest BCUT2D eigenvalue weighted by atomic mass is 35.5. The molecule has 118 valence electrons. The zero-order chi connectivity index (χ0) is 15.0. The molecule has 0 radical (unpaired) electrons. The van der Waals surface area contributed by atoms with Crippen molar-refractivity contribution in [2.75, 3.05) is 19.6 Å². The van der Waals surface area contributed by atoms with Crippen molar-refractivity contribution < 1.29 is 4.79 Å². The van der Waals surface area contributed by atoms with Crippen LogP contribution in [0.1, 0.15) is 32.8 Å². The number of rotatable bonds is 3. The van der Waals surface area contributed by atoms with Crippen LogP contribution in [0, 0.1) is 5.41 Å². The molecule has 2 N–H and O–H groups in total. The highest BCUT2D eigenvalue weighted by molar-refractivity contribution is 6.30. The van der Waals surface area contributed by atoms with E-state index in [-0.39, 0.29) is 23.7 Å². The van der Waals surface area contributed by atoms with Gasteiger partial charge in [0, 0.05) is 18.1 Å². The maximum absolute atomic E-state index is 12.8. The van der Waals surface area contributed by atoms with Gasteiger partial charge in [-0.1, -0.05) is 30.7 Å². The van der Waals surface area contributed by atoms with Crippen LogP contribution in [0.5, 0.6) is 0 Å². The van der Waals surface area contributed by atoms with E-state index in [1.165, 1.54) is 0 Å². The molecule has 1 atom stereocenters. The van der Waals surface area contributed by atoms with E-state index in [0.29, 0.717) is 11.6 Å². The lowest BCUT2D eigenvalue weighted by atomic mass is 9.83. The summed E-state index contributed by atoms with van der Waals surface area (Å²) in [5.74, 6) is 0.164. The lowest BCUT2D eigenvalue weighted by molar-refractivity contribution is -0.135. The summed E-state index contributed by atoms with van der Waals surface area (Å²) < 4.78 is 0. The minimum Gasteiger partial charge on any atom is -0.341 e. The third-order valence-corrected chi connectivity index (χ3v) is 4.69. The predicted molar refractivity (Wildman–Crippen MR) is 90.1 cm³/mol. The molecule has 0 saturated carbocycles. The van der Waals surface area contributed by atoms with Crippen molar-refractivity contribution in [3.63, 3.8) is 0 Å². The maximum Gasteiger partial charge on any atom is 0.232 e. The quantitative estimate of drug-likeness (QED) is 0.924. The predicted octanol–water partition coefficient (Wildman–Crippen LogP) is 3.24. The average molecular weight is 331 g/mol. The molecular weight excluding hydrogens is 307 g/mol. The van der Waals surface area contributed by atoms with Crippen molar-refractivity contribution >= 4 is 29.9 Å². The summed E-state index contributed by atoms with van der Waals surface area (Å²) in [5, 5.41) is 0.689. The third-order valence-electron chi connectivity index (χ3n) is 4.44. The van der Waals surface area contributed by atoms with Crippen LogP contribution < -0.4 is 5.73 Å². The van der Waals surface area contributed by atoms with Crippen LogP contribution in [0.3, 0.4) is 0 Å². The zero-order valence-electron chi connectivity index (χ0n) is 12.9. The van der Waals surface area contributed by atoms with Crippen LogP contribution >= 0.6 is 24.0 Å². The van der Waals surface area contributed by atoms with Gasteiger partial charge in [-0.25, -0.2) is 0 Å². The standard InChI is InChI=1S/C16H23ClN2O.ClH/c1-15(2,12-4-6-13(17)7-5-12)14(20)19-9-8-16(3,10-18)11-19;/h4-7H,8-11,18H2,1-3H3;1H. The Balaban J connectivity index is 0.00000220. The van der Waals surface area contributed by atoms with Crippen LogP contribution in [-0.2, 0) is 10.2 Å². The van der Waals surface area contributed by atoms with Crippen LogP contribution in [-0.4, -0.2) is 30.4 Å². The molecule has 1 aliphatic rings. The first-order chi connectivity index (χ1) is 9.28. The van der Waals surface area contributed by atoms with Crippen LogP contribution in [0.2, 0.25) is 5.02 Å². The topological polar surface area (TPSA) is 46.3 Å². The molecule has 1 heterocycles. The maximum atomic E-state index is 12.8. The van der Waals surface area contributed by atoms with Gasteiger partial charge < -0.3 is 10.6 Å². The Bertz CT molecular complexity index is 502. The highest BCUT2D eigenvalue weighted by Crippen LogP contribution is 2.33. The number of nitrogens with two attached hydrogens (primary N) is 1. The van der Waals surface area contributed by atoms with Gasteiger partial charge in [0.2, 0.25) is 5.91 Å². The Morgan fingerprint density at radius 3 is 2.43 bits per heavy atom. The van der Waals surface area contributed by atoms with E-state index in [4.69, 9.17) is 17.3 Å². The number of amides is 1. The molecule has 1 unspecified atom stereocenters. The van der Waals surface area contributed by atoms with Crippen LogP contribution in [0.4, 0.5) is 0 Å². The summed E-state index contributed by atoms with van der Waals surface area (Å²) in [6, 6.07) is 7.52. The second kappa shape index (κ2) is 6.55. The Morgan fingerprint density at radius 1 is 1.38 bits per heavy atom. The second-order valence-electron chi connectivity index (χ2n) is 6.62. The van der Waals surface area contributed by atoms with Gasteiger partial charge in [-0.2, -0.15) is 0 Å². The average Bonchev–Trinajstić information content (AvgIpc) is 2.82. The number of hydrogen-bond donors (Lipinski definition) is 1. The monoisotopic (exact) mass is 330 g/mol. The molecular formula is C16H24Cl2N2O. The molecule has 1 aromatic rings. The number of halogens is 2. The first kappa shape index (κ1) is 18.3. The van der Waals surface area contributed by atoms with Gasteiger partial charge in [0.25, 0.3) is 0 Å². The summed E-state index contributed by atoms with van der Waals surface area (Å²) >= 11 is 5.92. The van der Waals surface area contributed by atoms with Gasteiger partial charge in [0.15, 0.2) is 0 Å². The van der Waals surface area contributed by atoms with Crippen molar-refractivity contribution in [2.24, 2.45) is 11.1 Å². The molecule has 1 aliphatic heterocycles. The summed E-state index contributed by atoms with van der Waals surface area (Å²) in [7, 11) is 0. The van der Waals surface area contributed by atoms with Crippen molar-refractivity contribution in [2.45, 2.75) is 32.6 Å². The molecule has 1 fully saturated rings. The Hall–Kier alpha value is -0.770. The first-order valence-electron chi connectivity index (χ1n) is 7.04. The van der Waals surface area contributed by atoms with Crippen molar-refractivity contribution in [3.8, 4) is 0 Å². The fourth-order valence-corrected chi connectivity index (χ4v) is 2.88. The van der Waals surface area contributed by atoms with Gasteiger partial charge in [0.05, 0.1) is 5.41 Å². The van der Waals surface area contributed by atoms with E-state index in [1.54, 1.807) is 0 Å². The largest absolute Gasteiger partial charge is 0.341 e. The fourth-order valence-electron chi connectivity index (χ4n) is 2.75. The molecule has 2 rings (SSSR count). The van der Waals surface area contributed by atoms with Gasteiger partial charge in [-0.05, 0) is 49.9 Å². The lowest BCUT2D eigenvalue weighted by Crippen LogP contribution is -2.43. The normalized spacial score (nSPS) is 22.0. The summed E-state index contributed by atoms with van der Waals surface area (Å²) in [4.78, 5) is 14.8. The van der Waals surface area contributed by atoms with Gasteiger partial charge in [0.1, 0.15) is 0 Å². The minimum absolute atomic E-state index is 0. The molecule has 1 aromatic carbocycles.